The highest BCUT2D eigenvalue weighted by molar-refractivity contribution is 9.10. The fourth-order valence-corrected chi connectivity index (χ4v) is 2.90. The Labute approximate surface area is 139 Å². The second-order valence-electron chi connectivity index (χ2n) is 6.15. The molecule has 0 saturated carbocycles. The van der Waals surface area contributed by atoms with Crippen molar-refractivity contribution in [2.45, 2.75) is 46.1 Å². The molecule has 0 aliphatic carbocycles. The first-order chi connectivity index (χ1) is 9.75. The van der Waals surface area contributed by atoms with E-state index < -0.39 is 0 Å². The fourth-order valence-electron chi connectivity index (χ4n) is 2.48. The summed E-state index contributed by atoms with van der Waals surface area (Å²) in [6.07, 6.45) is 1.94. The zero-order valence-corrected chi connectivity index (χ0v) is 15.2. The number of nitrogens with zero attached hydrogens (tertiary/aromatic N) is 2. The Morgan fingerprint density at radius 3 is 2.52 bits per heavy atom. The molecule has 0 radical (unpaired) electrons. The molecule has 0 bridgehead atoms. The second kappa shape index (κ2) is 6.01. The van der Waals surface area contributed by atoms with E-state index in [2.05, 4.69) is 48.2 Å². The van der Waals surface area contributed by atoms with Gasteiger partial charge in [0.05, 0.1) is 5.02 Å². The molecule has 0 atom stereocenters. The quantitative estimate of drug-likeness (QED) is 0.801. The molecule has 1 heterocycles. The molecule has 0 amide bonds. The maximum absolute atomic E-state index is 6.39. The fraction of sp³-hybridized carbons (Fsp3) is 0.438. The summed E-state index contributed by atoms with van der Waals surface area (Å²) in [5.74, 6) is 1.72. The highest BCUT2D eigenvalue weighted by Crippen LogP contribution is 2.34. The first-order valence-electron chi connectivity index (χ1n) is 7.08. The summed E-state index contributed by atoms with van der Waals surface area (Å²) in [5.41, 5.74) is 8.04. The molecule has 2 aromatic rings. The number of imidazole rings is 1. The van der Waals surface area contributed by atoms with Crippen LogP contribution in [0.2, 0.25) is 5.02 Å². The Kier molecular flexibility index (Phi) is 4.69. The van der Waals surface area contributed by atoms with Crippen molar-refractivity contribution in [3.8, 4) is 11.3 Å². The lowest BCUT2D eigenvalue weighted by molar-refractivity contribution is 0.387. The van der Waals surface area contributed by atoms with Gasteiger partial charge in [-0.3, -0.25) is 0 Å². The third kappa shape index (κ3) is 3.27. The number of rotatable bonds is 3. The smallest absolute Gasteiger partial charge is 0.132 e. The molecule has 114 valence electrons. The summed E-state index contributed by atoms with van der Waals surface area (Å²) in [4.78, 5) is 4.77. The van der Waals surface area contributed by atoms with E-state index in [-0.39, 0.29) is 5.54 Å². The topological polar surface area (TPSA) is 43.8 Å². The van der Waals surface area contributed by atoms with Crippen molar-refractivity contribution < 1.29 is 0 Å². The van der Waals surface area contributed by atoms with Crippen molar-refractivity contribution in [1.29, 1.82) is 0 Å². The van der Waals surface area contributed by atoms with Gasteiger partial charge in [-0.05, 0) is 55.3 Å². The maximum Gasteiger partial charge on any atom is 0.132 e. The van der Waals surface area contributed by atoms with Crippen molar-refractivity contribution >= 4 is 33.3 Å². The lowest BCUT2D eigenvalue weighted by Gasteiger charge is -2.25. The molecule has 0 saturated heterocycles. The normalized spacial score (nSPS) is 11.9. The van der Waals surface area contributed by atoms with Crippen LogP contribution in [0, 0.1) is 0 Å². The van der Waals surface area contributed by atoms with E-state index in [0.717, 1.165) is 34.4 Å². The van der Waals surface area contributed by atoms with E-state index in [1.807, 2.05) is 18.2 Å². The Morgan fingerprint density at radius 1 is 1.33 bits per heavy atom. The Hall–Kier alpha value is -1.00. The third-order valence-electron chi connectivity index (χ3n) is 3.32. The van der Waals surface area contributed by atoms with Crippen LogP contribution in [0.25, 0.3) is 11.3 Å². The predicted molar refractivity (Wildman–Crippen MR) is 93.8 cm³/mol. The van der Waals surface area contributed by atoms with Gasteiger partial charge in [-0.15, -0.1) is 0 Å². The number of halogens is 2. The molecule has 3 nitrogen and oxygen atoms in total. The molecular formula is C16H21BrClN3. The van der Waals surface area contributed by atoms with E-state index in [0.29, 0.717) is 10.8 Å². The molecule has 21 heavy (non-hydrogen) atoms. The monoisotopic (exact) mass is 369 g/mol. The lowest BCUT2D eigenvalue weighted by atomic mass is 10.1. The van der Waals surface area contributed by atoms with Crippen molar-refractivity contribution in [2.24, 2.45) is 0 Å². The van der Waals surface area contributed by atoms with Crippen molar-refractivity contribution in [2.75, 3.05) is 5.73 Å². The molecule has 5 heteroatoms. The third-order valence-corrected chi connectivity index (χ3v) is 4.55. The molecule has 0 spiro atoms. The predicted octanol–water partition coefficient (Wildman–Crippen LogP) is 5.26. The summed E-state index contributed by atoms with van der Waals surface area (Å²) in [6.45, 7) is 8.57. The van der Waals surface area contributed by atoms with Gasteiger partial charge in [-0.2, -0.15) is 0 Å². The van der Waals surface area contributed by atoms with Crippen molar-refractivity contribution in [3.05, 3.63) is 33.5 Å². The van der Waals surface area contributed by atoms with Gasteiger partial charge in [0.15, 0.2) is 0 Å². The Morgan fingerprint density at radius 2 is 2.00 bits per heavy atom. The Bertz CT molecular complexity index is 656. The van der Waals surface area contributed by atoms with Crippen molar-refractivity contribution in [3.63, 3.8) is 0 Å². The van der Waals surface area contributed by atoms with Crippen LogP contribution < -0.4 is 5.73 Å². The number of hydrogen-bond acceptors (Lipinski definition) is 2. The van der Waals surface area contributed by atoms with Crippen LogP contribution in [0.3, 0.4) is 0 Å². The molecule has 1 aromatic heterocycles. The standard InChI is InChI=1S/C16H21BrClN3/c1-5-6-13-20-14(15(19)21(13)16(2,3)4)10-7-8-11(17)12(18)9-10/h7-9H,5-6,19H2,1-4H3. The summed E-state index contributed by atoms with van der Waals surface area (Å²) in [6, 6.07) is 5.80. The molecule has 0 fully saturated rings. The van der Waals surface area contributed by atoms with Crippen LogP contribution in [0.15, 0.2) is 22.7 Å². The number of benzene rings is 1. The van der Waals surface area contributed by atoms with Crippen molar-refractivity contribution in [1.82, 2.24) is 9.55 Å². The summed E-state index contributed by atoms with van der Waals surface area (Å²) in [7, 11) is 0. The molecule has 2 rings (SSSR count). The van der Waals surface area contributed by atoms with Crippen LogP contribution in [-0.4, -0.2) is 9.55 Å². The number of hydrogen-bond donors (Lipinski definition) is 1. The van der Waals surface area contributed by atoms with Crippen LogP contribution >= 0.6 is 27.5 Å². The minimum Gasteiger partial charge on any atom is -0.383 e. The largest absolute Gasteiger partial charge is 0.383 e. The molecule has 0 unspecified atom stereocenters. The first-order valence-corrected chi connectivity index (χ1v) is 8.25. The van der Waals surface area contributed by atoms with Crippen LogP contribution in [0.4, 0.5) is 5.82 Å². The number of aromatic nitrogens is 2. The molecule has 1 aromatic carbocycles. The van der Waals surface area contributed by atoms with E-state index in [1.165, 1.54) is 0 Å². The van der Waals surface area contributed by atoms with Gasteiger partial charge < -0.3 is 10.3 Å². The molecule has 2 N–H and O–H groups in total. The summed E-state index contributed by atoms with van der Waals surface area (Å²) in [5, 5.41) is 0.661. The number of aryl methyl sites for hydroxylation is 1. The van der Waals surface area contributed by atoms with Gasteiger partial charge in [0.1, 0.15) is 17.3 Å². The van der Waals surface area contributed by atoms with Crippen LogP contribution in [0.1, 0.15) is 39.9 Å². The highest BCUT2D eigenvalue weighted by Gasteiger charge is 2.24. The lowest BCUT2D eigenvalue weighted by Crippen LogP contribution is -2.25. The number of nitrogen functional groups attached to an aromatic ring is 1. The van der Waals surface area contributed by atoms with Crippen LogP contribution in [0.5, 0.6) is 0 Å². The van der Waals surface area contributed by atoms with Gasteiger partial charge in [0.25, 0.3) is 0 Å². The highest BCUT2D eigenvalue weighted by atomic mass is 79.9. The van der Waals surface area contributed by atoms with E-state index in [1.54, 1.807) is 0 Å². The van der Waals surface area contributed by atoms with Crippen LogP contribution in [-0.2, 0) is 12.0 Å². The number of anilines is 1. The minimum absolute atomic E-state index is 0.0982. The van der Waals surface area contributed by atoms with Gasteiger partial charge in [-0.1, -0.05) is 24.6 Å². The average Bonchev–Trinajstić information content (AvgIpc) is 2.70. The minimum atomic E-state index is -0.0982. The summed E-state index contributed by atoms with van der Waals surface area (Å²) < 4.78 is 3.00. The molecule has 0 aliphatic rings. The second-order valence-corrected chi connectivity index (χ2v) is 7.41. The Balaban J connectivity index is 2.62. The van der Waals surface area contributed by atoms with Gasteiger partial charge >= 0.3 is 0 Å². The summed E-state index contributed by atoms with van der Waals surface area (Å²) >= 11 is 9.60. The van der Waals surface area contributed by atoms with E-state index in [4.69, 9.17) is 22.3 Å². The average molecular weight is 371 g/mol. The zero-order chi connectivity index (χ0) is 15.8. The number of nitrogens with two attached hydrogens (primary N) is 1. The van der Waals surface area contributed by atoms with Gasteiger partial charge in [0, 0.05) is 22.0 Å². The molecular weight excluding hydrogens is 350 g/mol. The zero-order valence-electron chi connectivity index (χ0n) is 12.9. The van der Waals surface area contributed by atoms with E-state index >= 15 is 0 Å². The molecule has 0 aliphatic heterocycles. The van der Waals surface area contributed by atoms with Gasteiger partial charge in [-0.25, -0.2) is 4.98 Å². The first kappa shape index (κ1) is 16.4. The van der Waals surface area contributed by atoms with E-state index in [9.17, 15) is 0 Å². The SMILES string of the molecule is CCCc1nc(-c2ccc(Br)c(Cl)c2)c(N)n1C(C)(C)C. The maximum atomic E-state index is 6.39. The van der Waals surface area contributed by atoms with Gasteiger partial charge in [0.2, 0.25) is 0 Å².